The largest absolute Gasteiger partial charge is 0.396 e. The number of aliphatic hydroxyl groups excluding tert-OH is 1. The fourth-order valence-electron chi connectivity index (χ4n) is 3.30. The summed E-state index contributed by atoms with van der Waals surface area (Å²) >= 11 is 0. The Kier molecular flexibility index (Phi) is 3.62. The van der Waals surface area contributed by atoms with Gasteiger partial charge in [-0.25, -0.2) is 0 Å². The number of nitrogens with one attached hydrogen (secondary N) is 1. The first-order valence-corrected chi connectivity index (χ1v) is 7.30. The quantitative estimate of drug-likeness (QED) is 0.872. The van der Waals surface area contributed by atoms with E-state index in [0.29, 0.717) is 12.5 Å². The van der Waals surface area contributed by atoms with E-state index in [0.717, 1.165) is 26.1 Å². The van der Waals surface area contributed by atoms with Crippen molar-refractivity contribution in [2.75, 3.05) is 36.5 Å². The van der Waals surface area contributed by atoms with E-state index in [-0.39, 0.29) is 6.29 Å². The minimum atomic E-state index is 0.247. The second kappa shape index (κ2) is 5.39. The number of rotatable bonds is 3. The summed E-state index contributed by atoms with van der Waals surface area (Å²) in [7, 11) is 0. The van der Waals surface area contributed by atoms with Crippen LogP contribution in [0.3, 0.4) is 0 Å². The first kappa shape index (κ1) is 12.8. The van der Waals surface area contributed by atoms with Gasteiger partial charge in [-0.15, -0.1) is 0 Å². The van der Waals surface area contributed by atoms with Gasteiger partial charge < -0.3 is 15.3 Å². The molecule has 0 amide bonds. The molecule has 0 bridgehead atoms. The molecule has 1 saturated heterocycles. The van der Waals surface area contributed by atoms with E-state index < -0.39 is 0 Å². The van der Waals surface area contributed by atoms with Gasteiger partial charge in [-0.3, -0.25) is 4.90 Å². The van der Waals surface area contributed by atoms with Crippen LogP contribution in [0.2, 0.25) is 0 Å². The summed E-state index contributed by atoms with van der Waals surface area (Å²) in [5.74, 6) is 0.429. The van der Waals surface area contributed by atoms with Crippen molar-refractivity contribution in [1.82, 2.24) is 4.90 Å². The van der Waals surface area contributed by atoms with Crippen molar-refractivity contribution < 1.29 is 5.11 Å². The molecule has 2 N–H and O–H groups in total. The average Bonchev–Trinajstić information content (AvgIpc) is 2.86. The Balaban J connectivity index is 1.79. The number of anilines is 2. The normalized spacial score (nSPS) is 27.2. The number of benzene rings is 1. The lowest BCUT2D eigenvalue weighted by Gasteiger charge is -2.40. The van der Waals surface area contributed by atoms with E-state index in [9.17, 15) is 5.11 Å². The molecule has 19 heavy (non-hydrogen) atoms. The molecule has 0 aliphatic carbocycles. The summed E-state index contributed by atoms with van der Waals surface area (Å²) < 4.78 is 0. The van der Waals surface area contributed by atoms with Crippen LogP contribution in [0.1, 0.15) is 19.8 Å². The van der Waals surface area contributed by atoms with Crippen LogP contribution in [0.4, 0.5) is 11.4 Å². The van der Waals surface area contributed by atoms with Crippen LogP contribution in [0.25, 0.3) is 0 Å². The number of nitrogens with zero attached hydrogens (tertiary/aromatic N) is 2. The molecule has 4 nitrogen and oxygen atoms in total. The van der Waals surface area contributed by atoms with Crippen LogP contribution in [0.5, 0.6) is 0 Å². The second-order valence-electron chi connectivity index (χ2n) is 5.51. The maximum atomic E-state index is 9.39. The standard InChI is InChI=1S/C15H23N3O/c1-2-18-14-8-4-3-7-13(14)16-15(18)17-9-5-6-12(10-17)11-19/h3-4,7-8,12,15-16,19H,2,5-6,9-11H2,1H3/t12-,15?/m1/s1. The monoisotopic (exact) mass is 261 g/mol. The minimum absolute atomic E-state index is 0.247. The van der Waals surface area contributed by atoms with Gasteiger partial charge in [0.2, 0.25) is 0 Å². The van der Waals surface area contributed by atoms with E-state index in [4.69, 9.17) is 0 Å². The molecule has 4 heteroatoms. The molecule has 0 aromatic heterocycles. The molecule has 1 unspecified atom stereocenters. The molecule has 0 radical (unpaired) electrons. The van der Waals surface area contributed by atoms with Crippen molar-refractivity contribution in [3.63, 3.8) is 0 Å². The van der Waals surface area contributed by atoms with Crippen LogP contribution in [0, 0.1) is 5.92 Å². The summed E-state index contributed by atoms with van der Waals surface area (Å²) in [5, 5.41) is 13.0. The van der Waals surface area contributed by atoms with Crippen molar-refractivity contribution in [3.8, 4) is 0 Å². The average molecular weight is 261 g/mol. The Labute approximate surface area is 115 Å². The van der Waals surface area contributed by atoms with Gasteiger partial charge in [0.25, 0.3) is 0 Å². The Morgan fingerprint density at radius 2 is 2.21 bits per heavy atom. The summed E-state index contributed by atoms with van der Waals surface area (Å²) in [5.41, 5.74) is 2.52. The van der Waals surface area contributed by atoms with E-state index >= 15 is 0 Å². The lowest BCUT2D eigenvalue weighted by Crippen LogP contribution is -2.53. The molecule has 3 rings (SSSR count). The molecule has 2 aliphatic heterocycles. The molecular formula is C15H23N3O. The molecule has 2 atom stereocenters. The first-order valence-electron chi connectivity index (χ1n) is 7.30. The number of piperidine rings is 1. The third-order valence-electron chi connectivity index (χ3n) is 4.29. The number of aliphatic hydroxyl groups is 1. The van der Waals surface area contributed by atoms with Crippen molar-refractivity contribution >= 4 is 11.4 Å². The predicted molar refractivity (Wildman–Crippen MR) is 78.3 cm³/mol. The van der Waals surface area contributed by atoms with Crippen LogP contribution < -0.4 is 10.2 Å². The van der Waals surface area contributed by atoms with Crippen LogP contribution in [0.15, 0.2) is 24.3 Å². The number of fused-ring (bicyclic) bond motifs is 1. The zero-order chi connectivity index (χ0) is 13.2. The van der Waals surface area contributed by atoms with Gasteiger partial charge in [0.05, 0.1) is 11.4 Å². The summed E-state index contributed by atoms with van der Waals surface area (Å²) in [6, 6.07) is 8.50. The fourth-order valence-corrected chi connectivity index (χ4v) is 3.30. The summed E-state index contributed by atoms with van der Waals surface area (Å²) in [6.07, 6.45) is 2.58. The SMILES string of the molecule is CCN1c2ccccc2NC1N1CCC[C@@H](CO)C1. The van der Waals surface area contributed by atoms with Gasteiger partial charge >= 0.3 is 0 Å². The minimum Gasteiger partial charge on any atom is -0.396 e. The van der Waals surface area contributed by atoms with Crippen molar-refractivity contribution in [2.24, 2.45) is 5.92 Å². The Morgan fingerprint density at radius 3 is 3.00 bits per heavy atom. The number of hydrogen-bond donors (Lipinski definition) is 2. The third kappa shape index (κ3) is 2.30. The van der Waals surface area contributed by atoms with E-state index in [1.165, 1.54) is 17.8 Å². The van der Waals surface area contributed by atoms with Crippen LogP contribution >= 0.6 is 0 Å². The van der Waals surface area contributed by atoms with E-state index in [1.807, 2.05) is 0 Å². The summed E-state index contributed by atoms with van der Waals surface area (Å²) in [6.45, 7) is 5.60. The molecule has 2 heterocycles. The molecule has 1 aromatic rings. The molecule has 0 spiro atoms. The molecule has 0 saturated carbocycles. The van der Waals surface area contributed by atoms with E-state index in [1.54, 1.807) is 0 Å². The highest BCUT2D eigenvalue weighted by atomic mass is 16.3. The third-order valence-corrected chi connectivity index (χ3v) is 4.29. The second-order valence-corrected chi connectivity index (χ2v) is 5.51. The maximum absolute atomic E-state index is 9.39. The molecule has 1 aromatic carbocycles. The zero-order valence-electron chi connectivity index (χ0n) is 11.5. The topological polar surface area (TPSA) is 38.7 Å². The smallest absolute Gasteiger partial charge is 0.158 e. The molecular weight excluding hydrogens is 238 g/mol. The predicted octanol–water partition coefficient (Wildman–Crippen LogP) is 1.93. The van der Waals surface area contributed by atoms with Gasteiger partial charge in [-0.1, -0.05) is 12.1 Å². The fraction of sp³-hybridized carbons (Fsp3) is 0.600. The van der Waals surface area contributed by atoms with Gasteiger partial charge in [0.1, 0.15) is 0 Å². The van der Waals surface area contributed by atoms with E-state index in [2.05, 4.69) is 46.3 Å². The number of hydrogen-bond acceptors (Lipinski definition) is 4. The summed E-state index contributed by atoms with van der Waals surface area (Å²) in [4.78, 5) is 4.88. The highest BCUT2D eigenvalue weighted by molar-refractivity contribution is 5.75. The first-order chi connectivity index (χ1) is 9.33. The maximum Gasteiger partial charge on any atom is 0.158 e. The number of likely N-dealkylation sites (tertiary alicyclic amines) is 1. The van der Waals surface area contributed by atoms with Gasteiger partial charge in [0, 0.05) is 26.2 Å². The van der Waals surface area contributed by atoms with Gasteiger partial charge in [-0.05, 0) is 37.8 Å². The van der Waals surface area contributed by atoms with Gasteiger partial charge in [-0.2, -0.15) is 0 Å². The Morgan fingerprint density at radius 1 is 1.37 bits per heavy atom. The number of para-hydroxylation sites is 2. The highest BCUT2D eigenvalue weighted by Gasteiger charge is 2.34. The Bertz CT molecular complexity index is 437. The lowest BCUT2D eigenvalue weighted by atomic mass is 9.99. The molecule has 2 aliphatic rings. The van der Waals surface area contributed by atoms with Crippen LogP contribution in [-0.4, -0.2) is 42.5 Å². The van der Waals surface area contributed by atoms with Crippen molar-refractivity contribution in [1.29, 1.82) is 0 Å². The van der Waals surface area contributed by atoms with Crippen molar-refractivity contribution in [3.05, 3.63) is 24.3 Å². The molecule has 1 fully saturated rings. The highest BCUT2D eigenvalue weighted by Crippen LogP contribution is 2.36. The lowest BCUT2D eigenvalue weighted by molar-refractivity contribution is 0.0970. The van der Waals surface area contributed by atoms with Crippen molar-refractivity contribution in [2.45, 2.75) is 26.1 Å². The molecule has 104 valence electrons. The van der Waals surface area contributed by atoms with Crippen LogP contribution in [-0.2, 0) is 0 Å². The van der Waals surface area contributed by atoms with Gasteiger partial charge in [0.15, 0.2) is 6.29 Å². The Hall–Kier alpha value is -1.26. The zero-order valence-corrected chi connectivity index (χ0v) is 11.5.